The molecule has 0 aromatic heterocycles. The van der Waals surface area contributed by atoms with E-state index in [0.29, 0.717) is 6.61 Å². The Hall–Kier alpha value is -1.83. The van der Waals surface area contributed by atoms with Crippen LogP contribution in [0.5, 0.6) is 5.75 Å². The van der Waals surface area contributed by atoms with E-state index in [9.17, 15) is 4.39 Å². The van der Waals surface area contributed by atoms with E-state index in [4.69, 9.17) is 4.74 Å². The van der Waals surface area contributed by atoms with E-state index >= 15 is 0 Å². The van der Waals surface area contributed by atoms with Crippen LogP contribution < -0.4 is 4.74 Å². The largest absolute Gasteiger partial charge is 0.494 e. The highest BCUT2D eigenvalue weighted by atomic mass is 19.1. The van der Waals surface area contributed by atoms with Gasteiger partial charge in [0.1, 0.15) is 11.6 Å². The molecule has 3 rings (SSSR count). The molecule has 1 aliphatic carbocycles. The summed E-state index contributed by atoms with van der Waals surface area (Å²) >= 11 is 0. The van der Waals surface area contributed by atoms with E-state index in [1.165, 1.54) is 5.56 Å². The minimum Gasteiger partial charge on any atom is -0.494 e. The summed E-state index contributed by atoms with van der Waals surface area (Å²) in [5, 5.41) is 0. The molecular formula is C19H21FO. The second kappa shape index (κ2) is 5.18. The van der Waals surface area contributed by atoms with Crippen molar-refractivity contribution in [1.29, 1.82) is 0 Å². The monoisotopic (exact) mass is 284 g/mol. The fourth-order valence-electron chi connectivity index (χ4n) is 3.76. The highest BCUT2D eigenvalue weighted by Gasteiger charge is 2.42. The van der Waals surface area contributed by atoms with E-state index in [1.807, 2.05) is 19.1 Å². The van der Waals surface area contributed by atoms with Gasteiger partial charge in [0.2, 0.25) is 0 Å². The van der Waals surface area contributed by atoms with E-state index in [0.717, 1.165) is 35.3 Å². The zero-order valence-electron chi connectivity index (χ0n) is 12.9. The normalized spacial score (nSPS) is 14.7. The smallest absolute Gasteiger partial charge is 0.127 e. The van der Waals surface area contributed by atoms with Crippen molar-refractivity contribution in [3.05, 3.63) is 53.3 Å². The van der Waals surface area contributed by atoms with Gasteiger partial charge in [-0.1, -0.05) is 32.0 Å². The molecule has 21 heavy (non-hydrogen) atoms. The Morgan fingerprint density at radius 2 is 1.76 bits per heavy atom. The first-order valence-electron chi connectivity index (χ1n) is 7.74. The van der Waals surface area contributed by atoms with Crippen LogP contribution in [-0.2, 0) is 5.41 Å². The van der Waals surface area contributed by atoms with Crippen molar-refractivity contribution in [2.24, 2.45) is 0 Å². The molecule has 110 valence electrons. The van der Waals surface area contributed by atoms with Gasteiger partial charge in [0.25, 0.3) is 0 Å². The van der Waals surface area contributed by atoms with Gasteiger partial charge in [-0.05, 0) is 54.7 Å². The van der Waals surface area contributed by atoms with Gasteiger partial charge in [0, 0.05) is 11.0 Å². The van der Waals surface area contributed by atoms with Crippen LogP contribution in [0.15, 0.2) is 36.4 Å². The Bertz CT molecular complexity index is 671. The van der Waals surface area contributed by atoms with Crippen LogP contribution in [0.3, 0.4) is 0 Å². The molecule has 1 nitrogen and oxygen atoms in total. The minimum absolute atomic E-state index is 0.0923. The summed E-state index contributed by atoms with van der Waals surface area (Å²) < 4.78 is 20.2. The third-order valence-corrected chi connectivity index (χ3v) is 4.81. The van der Waals surface area contributed by atoms with Crippen molar-refractivity contribution in [1.82, 2.24) is 0 Å². The van der Waals surface area contributed by atoms with Crippen LogP contribution in [0.2, 0.25) is 0 Å². The van der Waals surface area contributed by atoms with Crippen LogP contribution in [0, 0.1) is 5.82 Å². The Morgan fingerprint density at radius 3 is 2.43 bits per heavy atom. The quantitative estimate of drug-likeness (QED) is 0.739. The Balaban J connectivity index is 2.30. The molecule has 0 amide bonds. The van der Waals surface area contributed by atoms with Crippen LogP contribution in [-0.4, -0.2) is 6.61 Å². The number of hydrogen-bond acceptors (Lipinski definition) is 1. The van der Waals surface area contributed by atoms with Gasteiger partial charge < -0.3 is 4.74 Å². The van der Waals surface area contributed by atoms with Crippen LogP contribution in [0.1, 0.15) is 44.7 Å². The molecule has 0 radical (unpaired) electrons. The van der Waals surface area contributed by atoms with Gasteiger partial charge in [-0.15, -0.1) is 0 Å². The lowest BCUT2D eigenvalue weighted by Crippen LogP contribution is -2.24. The lowest BCUT2D eigenvalue weighted by Gasteiger charge is -2.30. The lowest BCUT2D eigenvalue weighted by atomic mass is 9.73. The van der Waals surface area contributed by atoms with Crippen LogP contribution in [0.25, 0.3) is 11.1 Å². The first kappa shape index (κ1) is 14.1. The molecule has 0 saturated heterocycles. The summed E-state index contributed by atoms with van der Waals surface area (Å²) in [7, 11) is 0. The molecule has 0 heterocycles. The Morgan fingerprint density at radius 1 is 1.00 bits per heavy atom. The molecule has 0 unspecified atom stereocenters. The number of halogens is 1. The van der Waals surface area contributed by atoms with Crippen molar-refractivity contribution >= 4 is 0 Å². The van der Waals surface area contributed by atoms with E-state index in [1.54, 1.807) is 12.1 Å². The first-order chi connectivity index (χ1) is 10.2. The van der Waals surface area contributed by atoms with Crippen LogP contribution in [0.4, 0.5) is 4.39 Å². The summed E-state index contributed by atoms with van der Waals surface area (Å²) in [5.41, 5.74) is 4.02. The average Bonchev–Trinajstić information content (AvgIpc) is 2.79. The number of ether oxygens (including phenoxy) is 1. The van der Waals surface area contributed by atoms with Gasteiger partial charge >= 0.3 is 0 Å². The number of benzene rings is 2. The molecule has 2 heteroatoms. The number of rotatable bonds is 4. The van der Waals surface area contributed by atoms with Gasteiger partial charge in [-0.2, -0.15) is 0 Å². The Labute approximate surface area is 125 Å². The van der Waals surface area contributed by atoms with Gasteiger partial charge in [-0.25, -0.2) is 4.39 Å². The molecule has 0 spiro atoms. The molecule has 0 atom stereocenters. The van der Waals surface area contributed by atoms with Crippen molar-refractivity contribution in [3.8, 4) is 16.9 Å². The molecule has 0 bridgehead atoms. The van der Waals surface area contributed by atoms with Crippen molar-refractivity contribution < 1.29 is 9.13 Å². The maximum absolute atomic E-state index is 14.5. The molecular weight excluding hydrogens is 263 g/mol. The standard InChI is InChI=1S/C19H21FO/c1-4-19(5-2)16-12-13(21-6-3)10-11-14(16)15-8-7-9-17(20)18(15)19/h7-12H,4-6H2,1-3H3. The van der Waals surface area contributed by atoms with Crippen molar-refractivity contribution in [2.45, 2.75) is 39.0 Å². The molecule has 0 fully saturated rings. The maximum Gasteiger partial charge on any atom is 0.127 e. The first-order valence-corrected chi connectivity index (χ1v) is 7.74. The molecule has 2 aromatic carbocycles. The summed E-state index contributed by atoms with van der Waals surface area (Å²) in [6.45, 7) is 6.91. The third-order valence-electron chi connectivity index (χ3n) is 4.81. The Kier molecular flexibility index (Phi) is 3.48. The van der Waals surface area contributed by atoms with Gasteiger partial charge in [0.05, 0.1) is 6.61 Å². The predicted molar refractivity (Wildman–Crippen MR) is 84.4 cm³/mol. The average molecular weight is 284 g/mol. The maximum atomic E-state index is 14.5. The predicted octanol–water partition coefficient (Wildman–Crippen LogP) is 5.31. The molecule has 0 aliphatic heterocycles. The lowest BCUT2D eigenvalue weighted by molar-refractivity contribution is 0.338. The van der Waals surface area contributed by atoms with Gasteiger partial charge in [0.15, 0.2) is 0 Å². The highest BCUT2D eigenvalue weighted by Crippen LogP contribution is 2.54. The summed E-state index contributed by atoms with van der Waals surface area (Å²) in [5.74, 6) is 0.779. The molecule has 1 aliphatic rings. The highest BCUT2D eigenvalue weighted by molar-refractivity contribution is 5.81. The molecule has 0 saturated carbocycles. The topological polar surface area (TPSA) is 9.23 Å². The second-order valence-corrected chi connectivity index (χ2v) is 5.59. The minimum atomic E-state index is -0.233. The summed E-state index contributed by atoms with van der Waals surface area (Å²) in [4.78, 5) is 0. The van der Waals surface area contributed by atoms with E-state index in [-0.39, 0.29) is 11.2 Å². The van der Waals surface area contributed by atoms with Gasteiger partial charge in [-0.3, -0.25) is 0 Å². The zero-order chi connectivity index (χ0) is 15.0. The fourth-order valence-corrected chi connectivity index (χ4v) is 3.76. The third kappa shape index (κ3) is 1.89. The fraction of sp³-hybridized carbons (Fsp3) is 0.368. The van der Waals surface area contributed by atoms with E-state index < -0.39 is 0 Å². The number of hydrogen-bond donors (Lipinski definition) is 0. The summed E-state index contributed by atoms with van der Waals surface area (Å²) in [6.07, 6.45) is 1.78. The molecule has 2 aromatic rings. The van der Waals surface area contributed by atoms with Crippen molar-refractivity contribution in [3.63, 3.8) is 0 Å². The summed E-state index contributed by atoms with van der Waals surface area (Å²) in [6, 6.07) is 11.6. The zero-order valence-corrected chi connectivity index (χ0v) is 12.9. The van der Waals surface area contributed by atoms with Crippen LogP contribution >= 0.6 is 0 Å². The second-order valence-electron chi connectivity index (χ2n) is 5.59. The number of fused-ring (bicyclic) bond motifs is 3. The molecule has 0 N–H and O–H groups in total. The van der Waals surface area contributed by atoms with Crippen molar-refractivity contribution in [2.75, 3.05) is 6.61 Å². The van der Waals surface area contributed by atoms with E-state index in [2.05, 4.69) is 26.0 Å². The SMILES string of the molecule is CCOc1ccc2c(c1)C(CC)(CC)c1c(F)cccc1-2.